The molecule has 308 valence electrons. The number of ether oxygens (including phenoxy) is 1. The molecule has 1 unspecified atom stereocenters. The lowest BCUT2D eigenvalue weighted by Crippen LogP contribution is -2.77. The second kappa shape index (κ2) is 15.3. The lowest BCUT2D eigenvalue weighted by molar-refractivity contribution is -0.216. The predicted molar refractivity (Wildman–Crippen MR) is 218 cm³/mol. The molecule has 59 heavy (non-hydrogen) atoms. The number of imide groups is 2. The third-order valence-corrected chi connectivity index (χ3v) is 13.7. The van der Waals surface area contributed by atoms with Crippen molar-refractivity contribution < 1.29 is 28.7 Å². The van der Waals surface area contributed by atoms with Crippen LogP contribution in [0, 0.1) is 28.1 Å². The fourth-order valence-corrected chi connectivity index (χ4v) is 10.9. The van der Waals surface area contributed by atoms with Crippen molar-refractivity contribution in [3.63, 3.8) is 0 Å². The number of benzene rings is 2. The van der Waals surface area contributed by atoms with Crippen molar-refractivity contribution in [2.45, 2.75) is 90.3 Å². The number of primary amides is 1. The van der Waals surface area contributed by atoms with Crippen molar-refractivity contribution in [2.75, 3.05) is 37.6 Å². The summed E-state index contributed by atoms with van der Waals surface area (Å²) in [6.07, 6.45) is 6.56. The number of nitriles is 1. The van der Waals surface area contributed by atoms with Gasteiger partial charge in [0.15, 0.2) is 0 Å². The predicted octanol–water partition coefficient (Wildman–Crippen LogP) is 5.19. The molecule has 2 aromatic carbocycles. The maximum Gasteiger partial charge on any atom is 0.262 e. The number of amides is 5. The number of fused-ring (bicyclic) bond motifs is 1. The zero-order chi connectivity index (χ0) is 42.0. The van der Waals surface area contributed by atoms with Crippen LogP contribution in [-0.2, 0) is 9.59 Å². The molecule has 4 aliphatic heterocycles. The third-order valence-electron chi connectivity index (χ3n) is 13.4. The first-order valence-electron chi connectivity index (χ1n) is 20.4. The number of nitrogens with two attached hydrogens (primary N) is 1. The number of carbonyl (C=O) groups is 5. The average Bonchev–Trinajstić information content (AvgIpc) is 3.46. The van der Waals surface area contributed by atoms with Gasteiger partial charge < -0.3 is 20.3 Å². The summed E-state index contributed by atoms with van der Waals surface area (Å²) in [5, 5.41) is 9.55. The van der Waals surface area contributed by atoms with Gasteiger partial charge in [0.1, 0.15) is 29.8 Å². The van der Waals surface area contributed by atoms with Gasteiger partial charge in [-0.25, -0.2) is 9.97 Å². The van der Waals surface area contributed by atoms with Gasteiger partial charge in [-0.3, -0.25) is 33.8 Å². The summed E-state index contributed by atoms with van der Waals surface area (Å²) in [4.78, 5) is 83.2. The molecule has 5 amide bonds. The van der Waals surface area contributed by atoms with E-state index >= 15 is 0 Å². The van der Waals surface area contributed by atoms with Crippen LogP contribution in [0.4, 0.5) is 5.69 Å². The van der Waals surface area contributed by atoms with Crippen molar-refractivity contribution >= 4 is 46.8 Å². The Balaban J connectivity index is 0.886. The summed E-state index contributed by atoms with van der Waals surface area (Å²) in [7, 11) is 0. The number of anilines is 1. The first-order chi connectivity index (χ1) is 28.1. The largest absolute Gasteiger partial charge is 0.489 e. The number of nitrogens with zero attached hydrogens (tertiary/aromatic N) is 7. The zero-order valence-corrected chi connectivity index (χ0v) is 34.6. The molecule has 14 nitrogen and oxygen atoms in total. The van der Waals surface area contributed by atoms with Crippen LogP contribution in [0.1, 0.15) is 115 Å². The van der Waals surface area contributed by atoms with Crippen LogP contribution < -0.4 is 15.4 Å². The van der Waals surface area contributed by atoms with E-state index in [-0.39, 0.29) is 40.8 Å². The van der Waals surface area contributed by atoms with E-state index in [1.165, 1.54) is 17.3 Å². The summed E-state index contributed by atoms with van der Waals surface area (Å²) in [5.74, 6) is -0.436. The van der Waals surface area contributed by atoms with Crippen LogP contribution in [0.25, 0.3) is 0 Å². The molecule has 0 radical (unpaired) electrons. The molecule has 5 aliphatic rings. The summed E-state index contributed by atoms with van der Waals surface area (Å²) in [6, 6.07) is 10.6. The van der Waals surface area contributed by atoms with E-state index in [2.05, 4.69) is 19.8 Å². The Bertz CT molecular complexity index is 2240. The molecule has 15 heteroatoms. The lowest BCUT2D eigenvalue weighted by atomic mass is 9.48. The van der Waals surface area contributed by atoms with Crippen LogP contribution >= 0.6 is 11.6 Å². The molecular formula is C44H49ClN8O6. The van der Waals surface area contributed by atoms with E-state index in [1.807, 2.05) is 39.8 Å². The second-order valence-electron chi connectivity index (χ2n) is 17.9. The lowest BCUT2D eigenvalue weighted by Gasteiger charge is -2.65. The van der Waals surface area contributed by atoms with Gasteiger partial charge in [-0.05, 0) is 81.4 Å². The Morgan fingerprint density at radius 2 is 1.54 bits per heavy atom. The fourth-order valence-electron chi connectivity index (χ4n) is 10.7. The molecule has 8 rings (SSSR count). The highest BCUT2D eigenvalue weighted by Gasteiger charge is 2.68. The Morgan fingerprint density at radius 1 is 0.881 bits per heavy atom. The van der Waals surface area contributed by atoms with Gasteiger partial charge in [-0.2, -0.15) is 5.26 Å². The molecule has 1 aromatic heterocycles. The number of piperidine rings is 3. The van der Waals surface area contributed by atoms with E-state index in [1.54, 1.807) is 30.3 Å². The molecule has 3 aromatic rings. The van der Waals surface area contributed by atoms with Crippen LogP contribution in [0.2, 0.25) is 5.02 Å². The molecule has 0 spiro atoms. The maximum atomic E-state index is 14.4. The van der Waals surface area contributed by atoms with Crippen molar-refractivity contribution in [2.24, 2.45) is 22.5 Å². The van der Waals surface area contributed by atoms with Crippen molar-refractivity contribution in [1.82, 2.24) is 24.7 Å². The van der Waals surface area contributed by atoms with Gasteiger partial charge in [0.25, 0.3) is 23.6 Å². The second-order valence-corrected chi connectivity index (χ2v) is 18.3. The average molecular weight is 821 g/mol. The quantitative estimate of drug-likeness (QED) is 0.281. The molecule has 1 atom stereocenters. The van der Waals surface area contributed by atoms with Gasteiger partial charge in [-0.1, -0.05) is 39.3 Å². The topological polar surface area (TPSA) is 183 Å². The van der Waals surface area contributed by atoms with E-state index in [0.29, 0.717) is 22.8 Å². The summed E-state index contributed by atoms with van der Waals surface area (Å²) in [5.41, 5.74) is 5.99. The minimum atomic E-state index is -1.11. The minimum Gasteiger partial charge on any atom is -0.489 e. The first kappa shape index (κ1) is 40.4. The highest BCUT2D eigenvalue weighted by atomic mass is 35.5. The summed E-state index contributed by atoms with van der Waals surface area (Å²) < 4.78 is 6.40. The van der Waals surface area contributed by atoms with Gasteiger partial charge in [0.2, 0.25) is 5.91 Å². The summed E-state index contributed by atoms with van der Waals surface area (Å²) >= 11 is 6.28. The number of aromatic nitrogens is 2. The minimum absolute atomic E-state index is 0.0159. The van der Waals surface area contributed by atoms with Crippen LogP contribution in [0.3, 0.4) is 0 Å². The van der Waals surface area contributed by atoms with Gasteiger partial charge in [0.05, 0.1) is 33.3 Å². The number of likely N-dealkylation sites (tertiary alicyclic amines) is 2. The SMILES string of the molecule is CC1(C)C(Oc2ccc(C#N)c(Cl)c2)C(C)(C)C1N1C(=O)CCC(N2C(=O)c3ccc(N4CCC(CN5CCC(c6ncc(C(N)=O)cn6)CC5)CC4)cc3C2=O)C1=O. The monoisotopic (exact) mass is 820 g/mol. The number of rotatable bonds is 9. The number of carbonyl (C=O) groups excluding carboxylic acids is 5. The molecular weight excluding hydrogens is 772 g/mol. The van der Waals surface area contributed by atoms with Crippen LogP contribution in [0.15, 0.2) is 48.8 Å². The Kier molecular flexibility index (Phi) is 10.5. The highest BCUT2D eigenvalue weighted by molar-refractivity contribution is 6.31. The van der Waals surface area contributed by atoms with Crippen molar-refractivity contribution in [3.8, 4) is 11.8 Å². The van der Waals surface area contributed by atoms with Gasteiger partial charge in [0, 0.05) is 67.0 Å². The Labute approximate surface area is 348 Å². The maximum absolute atomic E-state index is 14.4. The molecule has 3 saturated heterocycles. The highest BCUT2D eigenvalue weighted by Crippen LogP contribution is 2.58. The molecule has 0 bridgehead atoms. The Hall–Kier alpha value is -5.39. The van der Waals surface area contributed by atoms with E-state index in [4.69, 9.17) is 22.1 Å². The van der Waals surface area contributed by atoms with Gasteiger partial charge >= 0.3 is 0 Å². The number of hydrogen-bond acceptors (Lipinski definition) is 11. The molecule has 1 aliphatic carbocycles. The van der Waals surface area contributed by atoms with Crippen molar-refractivity contribution in [1.29, 1.82) is 5.26 Å². The van der Waals surface area contributed by atoms with E-state index in [9.17, 15) is 29.2 Å². The smallest absolute Gasteiger partial charge is 0.262 e. The number of hydrogen-bond donors (Lipinski definition) is 1. The summed E-state index contributed by atoms with van der Waals surface area (Å²) in [6.45, 7) is 12.3. The molecule has 1 saturated carbocycles. The van der Waals surface area contributed by atoms with Crippen LogP contribution in [-0.4, -0.2) is 105 Å². The van der Waals surface area contributed by atoms with E-state index < -0.39 is 52.6 Å². The Morgan fingerprint density at radius 3 is 2.17 bits per heavy atom. The molecule has 2 N–H and O–H groups in total. The van der Waals surface area contributed by atoms with Crippen molar-refractivity contribution in [3.05, 3.63) is 81.9 Å². The number of halogens is 1. The van der Waals surface area contributed by atoms with E-state index in [0.717, 1.165) is 74.8 Å². The van der Waals surface area contributed by atoms with Gasteiger partial charge in [-0.15, -0.1) is 0 Å². The standard InChI is InChI=1S/C44H49ClN8O6/c1-43(2)41(44(3,4)42(43)59-30-7-5-27(21-46)33(45)20-30)53-35(54)10-9-34(40(53)58)52-38(56)31-8-6-29(19-32(31)39(52)57)51-17-11-25(12-18-51)24-50-15-13-26(14-16-50)37-48-22-28(23-49-37)36(47)55/h5-8,19-20,22-23,25-26,34,41-42H,9-18,24H2,1-4H3,(H2,47,55). The zero-order valence-electron chi connectivity index (χ0n) is 33.8. The normalized spacial score (nSPS) is 24.8. The molecule has 5 heterocycles. The molecule has 4 fully saturated rings. The first-order valence-corrected chi connectivity index (χ1v) is 20.8. The van der Waals surface area contributed by atoms with Crippen LogP contribution in [0.5, 0.6) is 5.75 Å². The fraction of sp³-hybridized carbons (Fsp3) is 0.500. The third kappa shape index (κ3) is 7.12.